The molecule has 35 heavy (non-hydrogen) atoms. The van der Waals surface area contributed by atoms with Crippen LogP contribution < -0.4 is 11.1 Å². The Bertz CT molecular complexity index is 1240. The van der Waals surface area contributed by atoms with Gasteiger partial charge < -0.3 is 16.0 Å². The van der Waals surface area contributed by atoms with Crippen LogP contribution in [-0.2, 0) is 13.1 Å². The summed E-state index contributed by atoms with van der Waals surface area (Å²) in [6, 6.07) is 4.12. The van der Waals surface area contributed by atoms with Gasteiger partial charge in [0.1, 0.15) is 11.5 Å². The molecule has 0 saturated heterocycles. The Hall–Kier alpha value is -2.61. The highest BCUT2D eigenvalue weighted by molar-refractivity contribution is 6.31. The molecule has 186 valence electrons. The van der Waals surface area contributed by atoms with Crippen molar-refractivity contribution in [3.8, 4) is 11.3 Å². The van der Waals surface area contributed by atoms with E-state index < -0.39 is 11.7 Å². The minimum atomic E-state index is -0.633. The van der Waals surface area contributed by atoms with E-state index in [0.29, 0.717) is 46.8 Å². The van der Waals surface area contributed by atoms with Crippen molar-refractivity contribution in [1.29, 1.82) is 0 Å². The van der Waals surface area contributed by atoms with Gasteiger partial charge in [0.05, 0.1) is 29.4 Å². The fourth-order valence-corrected chi connectivity index (χ4v) is 8.67. The summed E-state index contributed by atoms with van der Waals surface area (Å²) in [6.07, 6.45) is 6.90. The van der Waals surface area contributed by atoms with Crippen LogP contribution in [0.1, 0.15) is 68.4 Å². The molecule has 2 aromatic rings. The molecule has 9 heteroatoms. The number of hydrogen-bond acceptors (Lipinski definition) is 3. The first-order valence-electron chi connectivity index (χ1n) is 12.4. The molecule has 0 spiro atoms. The lowest BCUT2D eigenvalue weighted by molar-refractivity contribution is -0.114. The number of carbonyl (C=O) groups excluding carboxylic acids is 2. The van der Waals surface area contributed by atoms with Crippen molar-refractivity contribution in [2.75, 3.05) is 6.54 Å². The summed E-state index contributed by atoms with van der Waals surface area (Å²) in [5.41, 5.74) is 7.92. The average molecular weight is 500 g/mol. The van der Waals surface area contributed by atoms with Gasteiger partial charge in [-0.15, -0.1) is 0 Å². The standard InChI is InChI=1S/C26H31ClFN5O2/c1-24-8-15-9-25(2,12-24)14-26(10-15,13-24)30-23(35)32-5-6-33-19(11-32)20(22(29)34)21(31-33)16-3-4-18(28)17(27)7-16/h3-4,7,15H,5-6,8-14H2,1-2H3,(H2,29,34)(H,30,35)/t15-,24+,25-,26+. The summed E-state index contributed by atoms with van der Waals surface area (Å²) >= 11 is 5.97. The molecule has 4 fully saturated rings. The summed E-state index contributed by atoms with van der Waals surface area (Å²) in [7, 11) is 0. The summed E-state index contributed by atoms with van der Waals surface area (Å²) in [5.74, 6) is -0.503. The number of nitrogens with zero attached hydrogens (tertiary/aromatic N) is 3. The fraction of sp³-hybridized carbons (Fsp3) is 0.577. The van der Waals surface area contributed by atoms with Gasteiger partial charge in [-0.05, 0) is 73.5 Å². The van der Waals surface area contributed by atoms with E-state index in [9.17, 15) is 14.0 Å². The van der Waals surface area contributed by atoms with Gasteiger partial charge in [-0.2, -0.15) is 5.10 Å². The quantitative estimate of drug-likeness (QED) is 0.640. The third-order valence-corrected chi connectivity index (χ3v) is 8.99. The second kappa shape index (κ2) is 7.45. The van der Waals surface area contributed by atoms with Crippen molar-refractivity contribution in [2.45, 2.75) is 71.0 Å². The lowest BCUT2D eigenvalue weighted by atomic mass is 9.43. The molecule has 1 aromatic heterocycles. The van der Waals surface area contributed by atoms with Gasteiger partial charge in [0.2, 0.25) is 0 Å². The number of nitrogens with one attached hydrogen (secondary N) is 1. The Balaban J connectivity index is 1.27. The van der Waals surface area contributed by atoms with E-state index in [2.05, 4.69) is 24.3 Å². The Kier molecular flexibility index (Phi) is 4.86. The Morgan fingerprint density at radius 1 is 1.14 bits per heavy atom. The van der Waals surface area contributed by atoms with Crippen molar-refractivity contribution in [2.24, 2.45) is 22.5 Å². The maximum atomic E-state index is 13.7. The predicted molar refractivity (Wildman–Crippen MR) is 130 cm³/mol. The molecule has 2 heterocycles. The zero-order chi connectivity index (χ0) is 24.8. The number of rotatable bonds is 3. The van der Waals surface area contributed by atoms with Crippen molar-refractivity contribution in [1.82, 2.24) is 20.0 Å². The number of halogens is 2. The van der Waals surface area contributed by atoms with Gasteiger partial charge in [-0.3, -0.25) is 9.48 Å². The van der Waals surface area contributed by atoms with Gasteiger partial charge in [0.15, 0.2) is 0 Å². The van der Waals surface area contributed by atoms with E-state index in [1.807, 2.05) is 0 Å². The normalized spacial score (nSPS) is 33.0. The maximum Gasteiger partial charge on any atom is 0.318 e. The molecule has 4 saturated carbocycles. The highest BCUT2D eigenvalue weighted by Crippen LogP contribution is 2.66. The zero-order valence-electron chi connectivity index (χ0n) is 20.2. The van der Waals surface area contributed by atoms with Crippen molar-refractivity contribution >= 4 is 23.5 Å². The highest BCUT2D eigenvalue weighted by atomic mass is 35.5. The molecule has 0 radical (unpaired) electrons. The smallest absolute Gasteiger partial charge is 0.318 e. The molecule has 3 amide bonds. The number of nitrogens with two attached hydrogens (primary N) is 1. The molecule has 4 bridgehead atoms. The average Bonchev–Trinajstić information content (AvgIpc) is 3.11. The fourth-order valence-electron chi connectivity index (χ4n) is 8.49. The molecule has 4 aliphatic carbocycles. The monoisotopic (exact) mass is 499 g/mol. The van der Waals surface area contributed by atoms with Crippen molar-refractivity contribution in [3.63, 3.8) is 0 Å². The van der Waals surface area contributed by atoms with Gasteiger partial charge >= 0.3 is 6.03 Å². The van der Waals surface area contributed by atoms with Crippen LogP contribution in [-0.4, -0.2) is 38.7 Å². The van der Waals surface area contributed by atoms with E-state index in [-0.39, 0.29) is 28.7 Å². The van der Waals surface area contributed by atoms with Crippen molar-refractivity contribution in [3.05, 3.63) is 40.3 Å². The minimum Gasteiger partial charge on any atom is -0.365 e. The van der Waals surface area contributed by atoms with Crippen LogP contribution >= 0.6 is 11.6 Å². The SMILES string of the molecule is C[C@]12C[C@@H]3C[C@](C)(C1)C[C@](NC(=O)N1CCn4nc(-c5ccc(F)c(Cl)c5)c(C(N)=O)c4C1)(C3)C2. The van der Waals surface area contributed by atoms with E-state index in [0.717, 1.165) is 19.3 Å². The third-order valence-electron chi connectivity index (χ3n) is 8.71. The Morgan fingerprint density at radius 3 is 2.49 bits per heavy atom. The van der Waals surface area contributed by atoms with Crippen LogP contribution in [0.5, 0.6) is 0 Å². The molecule has 1 aromatic carbocycles. The molecule has 1 aliphatic heterocycles. The largest absolute Gasteiger partial charge is 0.365 e. The number of primary amides is 1. The van der Waals surface area contributed by atoms with Crippen LogP contribution in [0, 0.1) is 22.6 Å². The molecule has 7 nitrogen and oxygen atoms in total. The first-order chi connectivity index (χ1) is 16.5. The van der Waals surface area contributed by atoms with E-state index in [1.165, 1.54) is 37.5 Å². The topological polar surface area (TPSA) is 93.2 Å². The number of benzene rings is 1. The maximum absolute atomic E-state index is 13.7. The first-order valence-corrected chi connectivity index (χ1v) is 12.8. The van der Waals surface area contributed by atoms with Gasteiger partial charge in [0.25, 0.3) is 5.91 Å². The predicted octanol–water partition coefficient (Wildman–Crippen LogP) is 4.72. The summed E-state index contributed by atoms with van der Waals surface area (Å²) < 4.78 is 15.4. The molecule has 3 N–H and O–H groups in total. The van der Waals surface area contributed by atoms with Crippen molar-refractivity contribution < 1.29 is 14.0 Å². The number of aromatic nitrogens is 2. The third kappa shape index (κ3) is 3.72. The Labute approximate surface area is 209 Å². The Morgan fingerprint density at radius 2 is 1.86 bits per heavy atom. The van der Waals surface area contributed by atoms with Crippen LogP contribution in [0.4, 0.5) is 9.18 Å². The van der Waals surface area contributed by atoms with Crippen LogP contribution in [0.25, 0.3) is 11.3 Å². The summed E-state index contributed by atoms with van der Waals surface area (Å²) in [4.78, 5) is 27.8. The summed E-state index contributed by atoms with van der Waals surface area (Å²) in [5, 5.41) is 7.99. The lowest BCUT2D eigenvalue weighted by Gasteiger charge is -2.65. The summed E-state index contributed by atoms with van der Waals surface area (Å²) in [6.45, 7) is 5.94. The molecule has 4 atom stereocenters. The van der Waals surface area contributed by atoms with Gasteiger partial charge in [0, 0.05) is 17.6 Å². The molecular formula is C26H31ClFN5O2. The zero-order valence-corrected chi connectivity index (χ0v) is 20.9. The number of amides is 3. The molecule has 0 unspecified atom stereocenters. The van der Waals surface area contributed by atoms with Crippen LogP contribution in [0.3, 0.4) is 0 Å². The van der Waals surface area contributed by atoms with E-state index >= 15 is 0 Å². The second-order valence-electron chi connectivity index (χ2n) is 12.1. The minimum absolute atomic E-state index is 0.0529. The van der Waals surface area contributed by atoms with E-state index in [4.69, 9.17) is 17.3 Å². The number of urea groups is 1. The molecule has 5 aliphatic rings. The van der Waals surface area contributed by atoms with Crippen LogP contribution in [0.2, 0.25) is 5.02 Å². The number of hydrogen-bond donors (Lipinski definition) is 2. The van der Waals surface area contributed by atoms with Gasteiger partial charge in [-0.1, -0.05) is 25.4 Å². The van der Waals surface area contributed by atoms with Crippen LogP contribution in [0.15, 0.2) is 18.2 Å². The first kappa shape index (κ1) is 22.8. The number of carbonyl (C=O) groups is 2. The number of fused-ring (bicyclic) bond motifs is 1. The van der Waals surface area contributed by atoms with E-state index in [1.54, 1.807) is 9.58 Å². The molecule has 7 rings (SSSR count). The van der Waals surface area contributed by atoms with Gasteiger partial charge in [-0.25, -0.2) is 9.18 Å². The highest BCUT2D eigenvalue weighted by Gasteiger charge is 2.60. The molecular weight excluding hydrogens is 469 g/mol. The lowest BCUT2D eigenvalue weighted by Crippen LogP contribution is -2.66. The second-order valence-corrected chi connectivity index (χ2v) is 12.6.